The molecule has 0 aromatic heterocycles. The maximum absolute atomic E-state index is 13.6. The summed E-state index contributed by atoms with van der Waals surface area (Å²) in [5.74, 6) is -0.123. The highest BCUT2D eigenvalue weighted by molar-refractivity contribution is 9.10. The number of hydrogen-bond donors (Lipinski definition) is 1. The third kappa shape index (κ3) is 3.33. The van der Waals surface area contributed by atoms with Crippen LogP contribution in [0.4, 0.5) is 4.39 Å². The first-order valence-electron chi connectivity index (χ1n) is 6.80. The molecule has 18 heavy (non-hydrogen) atoms. The first-order chi connectivity index (χ1) is 8.65. The molecule has 0 radical (unpaired) electrons. The van der Waals surface area contributed by atoms with Crippen LogP contribution in [0, 0.1) is 11.2 Å². The fourth-order valence-corrected chi connectivity index (χ4v) is 3.33. The lowest BCUT2D eigenvalue weighted by Gasteiger charge is -2.27. The van der Waals surface area contributed by atoms with Crippen molar-refractivity contribution >= 4 is 15.9 Å². The quantitative estimate of drug-likeness (QED) is 0.834. The van der Waals surface area contributed by atoms with Crippen LogP contribution in [-0.2, 0) is 6.54 Å². The van der Waals surface area contributed by atoms with Crippen LogP contribution in [0.3, 0.4) is 0 Å². The highest BCUT2D eigenvalue weighted by atomic mass is 79.9. The Morgan fingerprint density at radius 2 is 2.06 bits per heavy atom. The minimum absolute atomic E-state index is 0.123. The van der Waals surface area contributed by atoms with Gasteiger partial charge in [-0.25, -0.2) is 4.39 Å². The molecule has 1 aliphatic carbocycles. The Kier molecular flexibility index (Phi) is 4.79. The lowest BCUT2D eigenvalue weighted by molar-refractivity contribution is 0.267. The summed E-state index contributed by atoms with van der Waals surface area (Å²) in [6.07, 6.45) is 6.55. The summed E-state index contributed by atoms with van der Waals surface area (Å²) < 4.78 is 14.5. The van der Waals surface area contributed by atoms with E-state index in [1.54, 1.807) is 6.07 Å². The minimum Gasteiger partial charge on any atom is -0.312 e. The molecule has 0 heterocycles. The lowest BCUT2D eigenvalue weighted by Crippen LogP contribution is -2.31. The Balaban J connectivity index is 1.89. The standard InChI is InChI=1S/C15H21BrFN/c1-2-15(7-3-4-8-15)11-18-10-12-9-13(16)5-6-14(12)17/h5-6,9,18H,2-4,7-8,10-11H2,1H3. The van der Waals surface area contributed by atoms with Gasteiger partial charge >= 0.3 is 0 Å². The van der Waals surface area contributed by atoms with Crippen molar-refractivity contribution < 1.29 is 4.39 Å². The predicted octanol–water partition coefficient (Wildman–Crippen LogP) is 4.65. The van der Waals surface area contributed by atoms with E-state index in [2.05, 4.69) is 28.2 Å². The smallest absolute Gasteiger partial charge is 0.127 e. The second kappa shape index (κ2) is 6.16. The second-order valence-corrected chi connectivity index (χ2v) is 6.32. The number of nitrogens with one attached hydrogen (secondary N) is 1. The molecule has 0 bridgehead atoms. The lowest BCUT2D eigenvalue weighted by atomic mass is 9.83. The van der Waals surface area contributed by atoms with Crippen molar-refractivity contribution in [1.29, 1.82) is 0 Å². The van der Waals surface area contributed by atoms with Gasteiger partial charge in [0.05, 0.1) is 0 Å². The Morgan fingerprint density at radius 3 is 2.72 bits per heavy atom. The second-order valence-electron chi connectivity index (χ2n) is 5.40. The number of benzene rings is 1. The first kappa shape index (κ1) is 14.0. The van der Waals surface area contributed by atoms with Crippen LogP contribution in [0.1, 0.15) is 44.6 Å². The van der Waals surface area contributed by atoms with Crippen molar-refractivity contribution in [3.63, 3.8) is 0 Å². The molecular formula is C15H21BrFN. The normalized spacial score (nSPS) is 18.2. The average molecular weight is 314 g/mol. The molecule has 1 fully saturated rings. The van der Waals surface area contributed by atoms with E-state index in [1.807, 2.05) is 6.07 Å². The van der Waals surface area contributed by atoms with E-state index in [1.165, 1.54) is 38.2 Å². The van der Waals surface area contributed by atoms with Crippen LogP contribution in [0.5, 0.6) is 0 Å². The molecule has 0 aliphatic heterocycles. The van der Waals surface area contributed by atoms with Crippen LogP contribution in [0.25, 0.3) is 0 Å². The van der Waals surface area contributed by atoms with Crippen molar-refractivity contribution in [1.82, 2.24) is 5.32 Å². The fourth-order valence-electron chi connectivity index (χ4n) is 2.92. The Morgan fingerprint density at radius 1 is 1.33 bits per heavy atom. The van der Waals surface area contributed by atoms with Gasteiger partial charge in [0, 0.05) is 23.1 Å². The van der Waals surface area contributed by atoms with Gasteiger partial charge in [0.15, 0.2) is 0 Å². The summed E-state index contributed by atoms with van der Waals surface area (Å²) in [7, 11) is 0. The van der Waals surface area contributed by atoms with Crippen molar-refractivity contribution in [3.8, 4) is 0 Å². The molecule has 0 unspecified atom stereocenters. The first-order valence-corrected chi connectivity index (χ1v) is 7.59. The summed E-state index contributed by atoms with van der Waals surface area (Å²) in [4.78, 5) is 0. The van der Waals surface area contributed by atoms with E-state index in [-0.39, 0.29) is 5.82 Å². The Bertz CT molecular complexity index is 399. The summed E-state index contributed by atoms with van der Waals surface area (Å²) in [6.45, 7) is 3.90. The van der Waals surface area contributed by atoms with E-state index in [0.29, 0.717) is 12.0 Å². The highest BCUT2D eigenvalue weighted by Crippen LogP contribution is 2.40. The highest BCUT2D eigenvalue weighted by Gasteiger charge is 2.31. The Hall–Kier alpha value is -0.410. The molecule has 100 valence electrons. The fraction of sp³-hybridized carbons (Fsp3) is 0.600. The molecule has 1 N–H and O–H groups in total. The molecule has 3 heteroatoms. The zero-order valence-corrected chi connectivity index (χ0v) is 12.5. The largest absolute Gasteiger partial charge is 0.312 e. The maximum atomic E-state index is 13.6. The SMILES string of the molecule is CCC1(CNCc2cc(Br)ccc2F)CCCC1. The summed E-state index contributed by atoms with van der Waals surface area (Å²) in [6, 6.07) is 5.12. The molecule has 0 spiro atoms. The van der Waals surface area contributed by atoms with E-state index in [0.717, 1.165) is 16.6 Å². The van der Waals surface area contributed by atoms with Gasteiger partial charge in [0.2, 0.25) is 0 Å². The molecule has 1 nitrogen and oxygen atoms in total. The maximum Gasteiger partial charge on any atom is 0.127 e. The van der Waals surface area contributed by atoms with E-state index in [4.69, 9.17) is 0 Å². The van der Waals surface area contributed by atoms with E-state index < -0.39 is 0 Å². The third-order valence-electron chi connectivity index (χ3n) is 4.24. The van der Waals surface area contributed by atoms with Gasteiger partial charge in [-0.2, -0.15) is 0 Å². The van der Waals surface area contributed by atoms with Gasteiger partial charge in [-0.3, -0.25) is 0 Å². The Labute approximate surface area is 117 Å². The van der Waals surface area contributed by atoms with Gasteiger partial charge in [0.1, 0.15) is 5.82 Å². The van der Waals surface area contributed by atoms with Crippen LogP contribution in [0.15, 0.2) is 22.7 Å². The number of halogens is 2. The topological polar surface area (TPSA) is 12.0 Å². The van der Waals surface area contributed by atoms with Gasteiger partial charge in [-0.1, -0.05) is 35.7 Å². The summed E-state index contributed by atoms with van der Waals surface area (Å²) in [5.41, 5.74) is 1.20. The number of hydrogen-bond acceptors (Lipinski definition) is 1. The van der Waals surface area contributed by atoms with Crippen molar-refractivity contribution in [3.05, 3.63) is 34.1 Å². The number of rotatable bonds is 5. The monoisotopic (exact) mass is 313 g/mol. The zero-order valence-electron chi connectivity index (χ0n) is 10.9. The summed E-state index contributed by atoms with van der Waals surface area (Å²) >= 11 is 3.38. The van der Waals surface area contributed by atoms with Crippen molar-refractivity contribution in [2.24, 2.45) is 5.41 Å². The van der Waals surface area contributed by atoms with Gasteiger partial charge in [-0.05, 0) is 42.9 Å². The minimum atomic E-state index is -0.123. The van der Waals surface area contributed by atoms with Crippen LogP contribution >= 0.6 is 15.9 Å². The van der Waals surface area contributed by atoms with Crippen LogP contribution in [0.2, 0.25) is 0 Å². The van der Waals surface area contributed by atoms with Gasteiger partial charge in [0.25, 0.3) is 0 Å². The van der Waals surface area contributed by atoms with Gasteiger partial charge in [-0.15, -0.1) is 0 Å². The predicted molar refractivity (Wildman–Crippen MR) is 77.0 cm³/mol. The van der Waals surface area contributed by atoms with Crippen molar-refractivity contribution in [2.45, 2.75) is 45.6 Å². The third-order valence-corrected chi connectivity index (χ3v) is 4.73. The molecule has 1 aromatic carbocycles. The molecule has 2 rings (SSSR count). The molecule has 1 saturated carbocycles. The van der Waals surface area contributed by atoms with E-state index in [9.17, 15) is 4.39 Å². The van der Waals surface area contributed by atoms with Crippen molar-refractivity contribution in [2.75, 3.05) is 6.54 Å². The molecule has 1 aromatic rings. The zero-order chi connectivity index (χ0) is 13.0. The van der Waals surface area contributed by atoms with Crippen LogP contribution < -0.4 is 5.32 Å². The molecule has 0 saturated heterocycles. The van der Waals surface area contributed by atoms with E-state index >= 15 is 0 Å². The average Bonchev–Trinajstić information content (AvgIpc) is 2.83. The summed E-state index contributed by atoms with van der Waals surface area (Å²) in [5, 5.41) is 3.44. The van der Waals surface area contributed by atoms with Gasteiger partial charge < -0.3 is 5.32 Å². The molecule has 0 amide bonds. The molecular weight excluding hydrogens is 293 g/mol. The molecule has 0 atom stereocenters. The van der Waals surface area contributed by atoms with Crippen LogP contribution in [-0.4, -0.2) is 6.54 Å². The molecule has 1 aliphatic rings.